The topological polar surface area (TPSA) is 79.5 Å². The van der Waals surface area contributed by atoms with Crippen molar-refractivity contribution < 1.29 is 14.3 Å². The third kappa shape index (κ3) is 7.38. The van der Waals surface area contributed by atoms with Gasteiger partial charge in [-0.3, -0.25) is 14.9 Å². The van der Waals surface area contributed by atoms with Gasteiger partial charge in [-0.25, -0.2) is 0 Å². The molecule has 7 heteroatoms. The molecule has 0 aliphatic rings. The number of ether oxygens (including phenoxy) is 1. The van der Waals surface area contributed by atoms with E-state index in [9.17, 15) is 9.59 Å². The van der Waals surface area contributed by atoms with E-state index in [0.717, 1.165) is 11.3 Å². The zero-order valence-corrected chi connectivity index (χ0v) is 17.7. The van der Waals surface area contributed by atoms with Crippen LogP contribution >= 0.6 is 12.2 Å². The largest absolute Gasteiger partial charge is 0.497 e. The van der Waals surface area contributed by atoms with Gasteiger partial charge in [-0.05, 0) is 68.9 Å². The molecule has 0 aromatic heterocycles. The highest BCUT2D eigenvalue weighted by atomic mass is 32.1. The summed E-state index contributed by atoms with van der Waals surface area (Å²) < 4.78 is 5.10. The van der Waals surface area contributed by atoms with Crippen LogP contribution in [0, 0.1) is 0 Å². The lowest BCUT2D eigenvalue weighted by Crippen LogP contribution is -2.41. The molecule has 2 aromatic carbocycles. The molecule has 0 saturated heterocycles. The second-order valence-corrected chi connectivity index (χ2v) is 7.71. The average Bonchev–Trinajstić information content (AvgIpc) is 2.65. The summed E-state index contributed by atoms with van der Waals surface area (Å²) in [5, 5.41) is 8.49. The number of nitrogens with one attached hydrogen (secondary N) is 3. The minimum atomic E-state index is -0.380. The number of amides is 2. The molecule has 0 heterocycles. The SMILES string of the molecule is COc1ccc(/C=C/C(=O)NC(=S)Nc2ccccc2C(=O)NC(C)(C)C)cc1. The summed E-state index contributed by atoms with van der Waals surface area (Å²) in [5.41, 5.74) is 1.43. The summed E-state index contributed by atoms with van der Waals surface area (Å²) in [6.07, 6.45) is 3.05. The van der Waals surface area contributed by atoms with Crippen LogP contribution in [0.5, 0.6) is 5.75 Å². The van der Waals surface area contributed by atoms with Crippen molar-refractivity contribution in [2.45, 2.75) is 26.3 Å². The highest BCUT2D eigenvalue weighted by Crippen LogP contribution is 2.16. The van der Waals surface area contributed by atoms with Crippen LogP contribution in [0.2, 0.25) is 0 Å². The summed E-state index contributed by atoms with van der Waals surface area (Å²) in [4.78, 5) is 24.6. The van der Waals surface area contributed by atoms with Crippen molar-refractivity contribution in [3.63, 3.8) is 0 Å². The monoisotopic (exact) mass is 411 g/mol. The van der Waals surface area contributed by atoms with Crippen LogP contribution < -0.4 is 20.7 Å². The second-order valence-electron chi connectivity index (χ2n) is 7.30. The molecule has 2 aromatic rings. The molecule has 0 radical (unpaired) electrons. The number of hydrogen-bond acceptors (Lipinski definition) is 4. The molecular formula is C22H25N3O3S. The number of carbonyl (C=O) groups is 2. The first-order valence-corrected chi connectivity index (χ1v) is 9.44. The predicted octanol–water partition coefficient (Wildman–Crippen LogP) is 3.75. The van der Waals surface area contributed by atoms with E-state index in [2.05, 4.69) is 16.0 Å². The van der Waals surface area contributed by atoms with Crippen LogP contribution in [-0.2, 0) is 4.79 Å². The van der Waals surface area contributed by atoms with Crippen LogP contribution in [-0.4, -0.2) is 29.6 Å². The molecule has 2 amide bonds. The molecule has 0 aliphatic heterocycles. The van der Waals surface area contributed by atoms with Crippen LogP contribution in [0.3, 0.4) is 0 Å². The van der Waals surface area contributed by atoms with Gasteiger partial charge in [-0.1, -0.05) is 24.3 Å². The van der Waals surface area contributed by atoms with Gasteiger partial charge in [0.15, 0.2) is 5.11 Å². The van der Waals surface area contributed by atoms with E-state index in [-0.39, 0.29) is 22.5 Å². The van der Waals surface area contributed by atoms with Gasteiger partial charge < -0.3 is 15.4 Å². The van der Waals surface area contributed by atoms with Crippen molar-refractivity contribution in [3.05, 3.63) is 65.7 Å². The molecule has 6 nitrogen and oxygen atoms in total. The van der Waals surface area contributed by atoms with E-state index in [1.165, 1.54) is 6.08 Å². The molecule has 2 rings (SSSR count). The molecule has 0 unspecified atom stereocenters. The Kier molecular flexibility index (Phi) is 7.50. The number of hydrogen-bond donors (Lipinski definition) is 3. The number of carbonyl (C=O) groups excluding carboxylic acids is 2. The first-order valence-electron chi connectivity index (χ1n) is 9.03. The minimum Gasteiger partial charge on any atom is -0.497 e. The summed E-state index contributed by atoms with van der Waals surface area (Å²) in [6.45, 7) is 5.71. The molecule has 29 heavy (non-hydrogen) atoms. The molecule has 0 aliphatic carbocycles. The van der Waals surface area contributed by atoms with Crippen molar-refractivity contribution in [2.24, 2.45) is 0 Å². The average molecular weight is 412 g/mol. The van der Waals surface area contributed by atoms with Gasteiger partial charge in [-0.15, -0.1) is 0 Å². The van der Waals surface area contributed by atoms with Crippen LogP contribution in [0.25, 0.3) is 6.08 Å². The first-order chi connectivity index (χ1) is 13.7. The quantitative estimate of drug-likeness (QED) is 0.516. The highest BCUT2D eigenvalue weighted by Gasteiger charge is 2.18. The number of anilines is 1. The molecule has 0 fully saturated rings. The van der Waals surface area contributed by atoms with Gasteiger partial charge in [0.2, 0.25) is 5.91 Å². The smallest absolute Gasteiger partial charge is 0.253 e. The number of para-hydroxylation sites is 1. The first kappa shape index (κ1) is 22.1. The van der Waals surface area contributed by atoms with E-state index in [1.807, 2.05) is 45.0 Å². The van der Waals surface area contributed by atoms with Crippen LogP contribution in [0.4, 0.5) is 5.69 Å². The summed E-state index contributed by atoms with van der Waals surface area (Å²) in [5.74, 6) is 0.134. The third-order valence-electron chi connectivity index (χ3n) is 3.69. The van der Waals surface area contributed by atoms with E-state index >= 15 is 0 Å². The van der Waals surface area contributed by atoms with Gasteiger partial charge in [-0.2, -0.15) is 0 Å². The predicted molar refractivity (Wildman–Crippen MR) is 120 cm³/mol. The fourth-order valence-electron chi connectivity index (χ4n) is 2.39. The Morgan fingerprint density at radius 2 is 1.69 bits per heavy atom. The van der Waals surface area contributed by atoms with E-state index in [1.54, 1.807) is 37.5 Å². The van der Waals surface area contributed by atoms with E-state index < -0.39 is 0 Å². The summed E-state index contributed by atoms with van der Waals surface area (Å²) >= 11 is 5.21. The van der Waals surface area contributed by atoms with Crippen molar-refractivity contribution >= 4 is 40.9 Å². The maximum Gasteiger partial charge on any atom is 0.253 e. The van der Waals surface area contributed by atoms with Crippen molar-refractivity contribution in [1.82, 2.24) is 10.6 Å². The molecular weight excluding hydrogens is 386 g/mol. The van der Waals surface area contributed by atoms with Crippen molar-refractivity contribution in [3.8, 4) is 5.75 Å². The Balaban J connectivity index is 1.99. The van der Waals surface area contributed by atoms with E-state index in [0.29, 0.717) is 11.3 Å². The number of benzene rings is 2. The number of thiocarbonyl (C=S) groups is 1. The Morgan fingerprint density at radius 1 is 1.03 bits per heavy atom. The lowest BCUT2D eigenvalue weighted by Gasteiger charge is -2.21. The summed E-state index contributed by atoms with van der Waals surface area (Å²) in [7, 11) is 1.59. The zero-order chi connectivity index (χ0) is 21.4. The van der Waals surface area contributed by atoms with Crippen LogP contribution in [0.1, 0.15) is 36.7 Å². The second kappa shape index (κ2) is 9.84. The Hall–Kier alpha value is -3.19. The molecule has 3 N–H and O–H groups in total. The fraction of sp³-hybridized carbons (Fsp3) is 0.227. The lowest BCUT2D eigenvalue weighted by atomic mass is 10.1. The molecule has 0 spiro atoms. The van der Waals surface area contributed by atoms with Gasteiger partial charge in [0.25, 0.3) is 5.91 Å². The summed E-state index contributed by atoms with van der Waals surface area (Å²) in [6, 6.07) is 14.3. The molecule has 152 valence electrons. The van der Waals surface area contributed by atoms with Crippen molar-refractivity contribution in [2.75, 3.05) is 12.4 Å². The maximum atomic E-state index is 12.5. The highest BCUT2D eigenvalue weighted by molar-refractivity contribution is 7.80. The van der Waals surface area contributed by atoms with Crippen molar-refractivity contribution in [1.29, 1.82) is 0 Å². The zero-order valence-electron chi connectivity index (χ0n) is 16.9. The van der Waals surface area contributed by atoms with Crippen LogP contribution in [0.15, 0.2) is 54.6 Å². The standard InChI is InChI=1S/C22H25N3O3S/c1-22(2,3)25-20(27)17-7-5-6-8-18(17)23-21(29)24-19(26)14-11-15-9-12-16(28-4)13-10-15/h5-14H,1-4H3,(H,25,27)(H2,23,24,26,29)/b14-11+. The normalized spacial score (nSPS) is 11.0. The van der Waals surface area contributed by atoms with Gasteiger partial charge in [0.1, 0.15) is 5.75 Å². The van der Waals surface area contributed by atoms with Gasteiger partial charge in [0.05, 0.1) is 18.4 Å². The van der Waals surface area contributed by atoms with Gasteiger partial charge in [0, 0.05) is 11.6 Å². The fourth-order valence-corrected chi connectivity index (χ4v) is 2.60. The Bertz CT molecular complexity index is 916. The molecule has 0 saturated carbocycles. The van der Waals surface area contributed by atoms with Gasteiger partial charge >= 0.3 is 0 Å². The maximum absolute atomic E-state index is 12.5. The van der Waals surface area contributed by atoms with E-state index in [4.69, 9.17) is 17.0 Å². The molecule has 0 atom stereocenters. The lowest BCUT2D eigenvalue weighted by molar-refractivity contribution is -0.115. The number of rotatable bonds is 5. The molecule has 0 bridgehead atoms. The number of methoxy groups -OCH3 is 1. The Morgan fingerprint density at radius 3 is 2.31 bits per heavy atom. The third-order valence-corrected chi connectivity index (χ3v) is 3.89. The minimum absolute atomic E-state index is 0.102. The Labute approximate surface area is 176 Å².